The minimum Gasteiger partial charge on any atom is -0.350 e. The Morgan fingerprint density at radius 2 is 1.89 bits per heavy atom. The summed E-state index contributed by atoms with van der Waals surface area (Å²) in [5, 5.41) is 6.32. The summed E-state index contributed by atoms with van der Waals surface area (Å²) in [6, 6.07) is 0. The largest absolute Gasteiger partial charge is 0.350 e. The van der Waals surface area contributed by atoms with Crippen molar-refractivity contribution in [1.29, 1.82) is 0 Å². The third-order valence-corrected chi connectivity index (χ3v) is 3.62. The number of hydrogen-bond acceptors (Lipinski definition) is 2. The highest BCUT2D eigenvalue weighted by molar-refractivity contribution is 5.78. The molecule has 3 nitrogen and oxygen atoms in total. The van der Waals surface area contributed by atoms with Gasteiger partial charge in [-0.25, -0.2) is 0 Å². The van der Waals surface area contributed by atoms with E-state index in [9.17, 15) is 4.79 Å². The van der Waals surface area contributed by atoms with E-state index >= 15 is 0 Å². The van der Waals surface area contributed by atoms with E-state index in [0.29, 0.717) is 12.5 Å². The van der Waals surface area contributed by atoms with Crippen LogP contribution in [0.15, 0.2) is 0 Å². The van der Waals surface area contributed by atoms with E-state index in [0.717, 1.165) is 13.0 Å². The minimum absolute atomic E-state index is 0.0921. The smallest absolute Gasteiger partial charge is 0.234 e. The number of carbonyl (C=O) groups excluding carboxylic acids is 1. The molecule has 1 amide bonds. The van der Waals surface area contributed by atoms with Crippen LogP contribution < -0.4 is 10.6 Å². The van der Waals surface area contributed by atoms with Crippen LogP contribution in [-0.4, -0.2) is 24.5 Å². The molecular weight excluding hydrogens is 224 g/mol. The molecule has 18 heavy (non-hydrogen) atoms. The molecule has 3 heteroatoms. The van der Waals surface area contributed by atoms with Crippen LogP contribution in [0.1, 0.15) is 66.7 Å². The van der Waals surface area contributed by atoms with Crippen LogP contribution in [0, 0.1) is 5.92 Å². The average Bonchev–Trinajstić information content (AvgIpc) is 2.33. The molecular formula is C15H32N2O. The van der Waals surface area contributed by atoms with E-state index in [2.05, 4.69) is 45.3 Å². The number of carbonyl (C=O) groups is 1. The van der Waals surface area contributed by atoms with Crippen molar-refractivity contribution in [2.75, 3.05) is 13.1 Å². The first-order valence-corrected chi connectivity index (χ1v) is 7.46. The highest BCUT2D eigenvalue weighted by Gasteiger charge is 2.17. The summed E-state index contributed by atoms with van der Waals surface area (Å²) >= 11 is 0. The molecule has 1 unspecified atom stereocenters. The molecule has 0 aromatic carbocycles. The average molecular weight is 256 g/mol. The molecule has 0 aliphatic rings. The van der Waals surface area contributed by atoms with Crippen molar-refractivity contribution in [1.82, 2.24) is 10.6 Å². The molecule has 0 saturated carbocycles. The monoisotopic (exact) mass is 256 g/mol. The molecule has 0 aliphatic heterocycles. The summed E-state index contributed by atoms with van der Waals surface area (Å²) in [7, 11) is 0. The number of amides is 1. The number of unbranched alkanes of at least 4 members (excludes halogenated alkanes) is 1. The lowest BCUT2D eigenvalue weighted by Gasteiger charge is -2.24. The lowest BCUT2D eigenvalue weighted by molar-refractivity contribution is -0.121. The summed E-state index contributed by atoms with van der Waals surface area (Å²) in [6.45, 7) is 12.0. The van der Waals surface area contributed by atoms with Gasteiger partial charge in [0.1, 0.15) is 0 Å². The maximum absolute atomic E-state index is 11.7. The van der Waals surface area contributed by atoms with Gasteiger partial charge in [0.05, 0.1) is 6.54 Å². The standard InChI is InChI=1S/C15H32N2O/c1-6-9-10-13(7-2)11-16-12-14(18)17-15(4,5)8-3/h13,16H,6-12H2,1-5H3,(H,17,18). The van der Waals surface area contributed by atoms with Crippen LogP contribution in [0.5, 0.6) is 0 Å². The first kappa shape index (κ1) is 17.4. The third-order valence-electron chi connectivity index (χ3n) is 3.62. The third kappa shape index (κ3) is 8.51. The summed E-state index contributed by atoms with van der Waals surface area (Å²) in [4.78, 5) is 11.7. The van der Waals surface area contributed by atoms with Crippen molar-refractivity contribution in [2.45, 2.75) is 72.3 Å². The van der Waals surface area contributed by atoms with E-state index < -0.39 is 0 Å². The van der Waals surface area contributed by atoms with Crippen molar-refractivity contribution < 1.29 is 4.79 Å². The van der Waals surface area contributed by atoms with Gasteiger partial charge in [0.2, 0.25) is 5.91 Å². The summed E-state index contributed by atoms with van der Waals surface area (Å²) in [6.07, 6.45) is 5.95. The van der Waals surface area contributed by atoms with Crippen LogP contribution >= 0.6 is 0 Å². The van der Waals surface area contributed by atoms with Crippen molar-refractivity contribution in [3.63, 3.8) is 0 Å². The van der Waals surface area contributed by atoms with Crippen LogP contribution in [0.3, 0.4) is 0 Å². The summed E-state index contributed by atoms with van der Waals surface area (Å²) in [5.41, 5.74) is -0.0921. The molecule has 0 aliphatic carbocycles. The van der Waals surface area contributed by atoms with Crippen LogP contribution in [0.4, 0.5) is 0 Å². The second kappa shape index (κ2) is 9.37. The van der Waals surface area contributed by atoms with Crippen molar-refractivity contribution in [2.24, 2.45) is 5.92 Å². The lowest BCUT2D eigenvalue weighted by atomic mass is 9.99. The number of rotatable bonds is 10. The van der Waals surface area contributed by atoms with E-state index in [1.807, 2.05) is 0 Å². The molecule has 0 bridgehead atoms. The Morgan fingerprint density at radius 1 is 1.22 bits per heavy atom. The Labute approximate surface area is 113 Å². The van der Waals surface area contributed by atoms with E-state index in [1.54, 1.807) is 0 Å². The summed E-state index contributed by atoms with van der Waals surface area (Å²) < 4.78 is 0. The fraction of sp³-hybridized carbons (Fsp3) is 0.933. The Morgan fingerprint density at radius 3 is 2.39 bits per heavy atom. The zero-order valence-corrected chi connectivity index (χ0v) is 12.9. The normalized spacial score (nSPS) is 13.4. The zero-order chi connectivity index (χ0) is 14.0. The fourth-order valence-corrected chi connectivity index (χ4v) is 1.84. The molecule has 0 aromatic rings. The quantitative estimate of drug-likeness (QED) is 0.630. The molecule has 108 valence electrons. The van der Waals surface area contributed by atoms with Crippen LogP contribution in [-0.2, 0) is 4.79 Å². The molecule has 0 aromatic heterocycles. The maximum atomic E-state index is 11.7. The van der Waals surface area contributed by atoms with Gasteiger partial charge in [0, 0.05) is 5.54 Å². The van der Waals surface area contributed by atoms with E-state index in [1.165, 1.54) is 25.7 Å². The predicted octanol–water partition coefficient (Wildman–Crippen LogP) is 3.10. The molecule has 0 rings (SSSR count). The summed E-state index contributed by atoms with van der Waals surface area (Å²) in [5.74, 6) is 0.809. The van der Waals surface area contributed by atoms with Gasteiger partial charge in [0.25, 0.3) is 0 Å². The fourth-order valence-electron chi connectivity index (χ4n) is 1.84. The molecule has 0 spiro atoms. The molecule has 1 atom stereocenters. The highest BCUT2D eigenvalue weighted by Crippen LogP contribution is 2.11. The second-order valence-electron chi connectivity index (χ2n) is 5.83. The molecule has 0 radical (unpaired) electrons. The molecule has 0 heterocycles. The maximum Gasteiger partial charge on any atom is 0.234 e. The van der Waals surface area contributed by atoms with Gasteiger partial charge in [-0.2, -0.15) is 0 Å². The van der Waals surface area contributed by atoms with Crippen LogP contribution in [0.2, 0.25) is 0 Å². The minimum atomic E-state index is -0.0921. The van der Waals surface area contributed by atoms with Gasteiger partial charge in [-0.3, -0.25) is 4.79 Å². The van der Waals surface area contributed by atoms with Gasteiger partial charge in [0.15, 0.2) is 0 Å². The van der Waals surface area contributed by atoms with Gasteiger partial charge in [-0.1, -0.05) is 40.0 Å². The first-order chi connectivity index (χ1) is 8.45. The van der Waals surface area contributed by atoms with Crippen molar-refractivity contribution >= 4 is 5.91 Å². The van der Waals surface area contributed by atoms with E-state index in [4.69, 9.17) is 0 Å². The Bertz CT molecular complexity index is 227. The lowest BCUT2D eigenvalue weighted by Crippen LogP contribution is -2.46. The van der Waals surface area contributed by atoms with Gasteiger partial charge in [-0.05, 0) is 39.2 Å². The van der Waals surface area contributed by atoms with Crippen molar-refractivity contribution in [3.8, 4) is 0 Å². The van der Waals surface area contributed by atoms with Crippen molar-refractivity contribution in [3.05, 3.63) is 0 Å². The molecule has 0 saturated heterocycles. The Hall–Kier alpha value is -0.570. The number of nitrogens with one attached hydrogen (secondary N) is 2. The van der Waals surface area contributed by atoms with Gasteiger partial charge in [-0.15, -0.1) is 0 Å². The van der Waals surface area contributed by atoms with Gasteiger partial charge < -0.3 is 10.6 Å². The highest BCUT2D eigenvalue weighted by atomic mass is 16.2. The predicted molar refractivity (Wildman–Crippen MR) is 78.7 cm³/mol. The first-order valence-electron chi connectivity index (χ1n) is 7.46. The Kier molecular flexibility index (Phi) is 9.08. The molecule has 0 fully saturated rings. The number of hydrogen-bond donors (Lipinski definition) is 2. The molecule has 2 N–H and O–H groups in total. The topological polar surface area (TPSA) is 41.1 Å². The Balaban J connectivity index is 3.78. The second-order valence-corrected chi connectivity index (χ2v) is 5.83. The van der Waals surface area contributed by atoms with E-state index in [-0.39, 0.29) is 11.4 Å². The van der Waals surface area contributed by atoms with Crippen LogP contribution in [0.25, 0.3) is 0 Å². The SMILES string of the molecule is CCCCC(CC)CNCC(=O)NC(C)(C)CC. The zero-order valence-electron chi connectivity index (χ0n) is 12.9. The van der Waals surface area contributed by atoms with Gasteiger partial charge >= 0.3 is 0 Å².